The molecule has 2 heterocycles. The molecule has 8 nitrogen and oxygen atoms in total. The highest BCUT2D eigenvalue weighted by Gasteiger charge is 2.15. The fourth-order valence-electron chi connectivity index (χ4n) is 2.42. The van der Waals surface area contributed by atoms with Crippen molar-refractivity contribution < 1.29 is 9.18 Å². The number of aromatic nitrogens is 6. The number of hydrogen-bond donors (Lipinski definition) is 1. The van der Waals surface area contributed by atoms with E-state index in [1.807, 2.05) is 11.5 Å². The molecule has 2 aromatic heterocycles. The van der Waals surface area contributed by atoms with Crippen LogP contribution in [0.15, 0.2) is 30.6 Å². The molecule has 0 bridgehead atoms. The lowest BCUT2D eigenvalue weighted by molar-refractivity contribution is 0.0942. The topological polar surface area (TPSA) is 90.5 Å². The van der Waals surface area contributed by atoms with Crippen LogP contribution in [0.2, 0.25) is 0 Å². The number of carbonyl (C=O) groups is 1. The largest absolute Gasteiger partial charge is 0.347 e. The average molecular weight is 343 g/mol. The predicted octanol–water partition coefficient (Wildman–Crippen LogP) is 1.30. The molecule has 9 heteroatoms. The van der Waals surface area contributed by atoms with Crippen molar-refractivity contribution in [2.24, 2.45) is 0 Å². The fraction of sp³-hybridized carbons (Fsp3) is 0.312. The van der Waals surface area contributed by atoms with Gasteiger partial charge in [-0.1, -0.05) is 6.92 Å². The second-order valence-electron chi connectivity index (χ2n) is 5.42. The van der Waals surface area contributed by atoms with Crippen LogP contribution in [0.4, 0.5) is 4.39 Å². The maximum atomic E-state index is 13.0. The number of aryl methyl sites for hydroxylation is 2. The smallest absolute Gasteiger partial charge is 0.291 e. The van der Waals surface area contributed by atoms with E-state index in [0.717, 1.165) is 12.2 Å². The van der Waals surface area contributed by atoms with Crippen LogP contribution < -0.4 is 5.32 Å². The Morgan fingerprint density at radius 2 is 2.04 bits per heavy atom. The third kappa shape index (κ3) is 3.70. The van der Waals surface area contributed by atoms with E-state index in [2.05, 4.69) is 25.6 Å². The van der Waals surface area contributed by atoms with Gasteiger partial charge in [-0.25, -0.2) is 14.1 Å². The van der Waals surface area contributed by atoms with E-state index in [-0.39, 0.29) is 17.5 Å². The van der Waals surface area contributed by atoms with Gasteiger partial charge in [0.1, 0.15) is 23.8 Å². The molecule has 0 saturated carbocycles. The van der Waals surface area contributed by atoms with Crippen LogP contribution >= 0.6 is 0 Å². The Morgan fingerprint density at radius 3 is 2.76 bits per heavy atom. The summed E-state index contributed by atoms with van der Waals surface area (Å²) in [7, 11) is 0. The first-order chi connectivity index (χ1) is 12.1. The standard InChI is InChI=1S/C16H18FN7O/c1-3-14-21-19-10-23(14)9-8-18-16(25)15-20-11(2)24(22-15)13-6-4-12(17)5-7-13/h4-7,10H,3,8-9H2,1-2H3,(H,18,25). The van der Waals surface area contributed by atoms with Crippen molar-refractivity contribution in [1.82, 2.24) is 34.8 Å². The van der Waals surface area contributed by atoms with Crippen LogP contribution in [-0.2, 0) is 13.0 Å². The van der Waals surface area contributed by atoms with E-state index in [1.54, 1.807) is 25.4 Å². The number of carbonyl (C=O) groups excluding carboxylic acids is 1. The van der Waals surface area contributed by atoms with Crippen LogP contribution in [0.1, 0.15) is 29.2 Å². The van der Waals surface area contributed by atoms with Crippen molar-refractivity contribution in [1.29, 1.82) is 0 Å². The van der Waals surface area contributed by atoms with Crippen molar-refractivity contribution >= 4 is 5.91 Å². The quantitative estimate of drug-likeness (QED) is 0.728. The van der Waals surface area contributed by atoms with Gasteiger partial charge in [-0.15, -0.1) is 15.3 Å². The van der Waals surface area contributed by atoms with Crippen LogP contribution in [0.3, 0.4) is 0 Å². The van der Waals surface area contributed by atoms with Gasteiger partial charge in [-0.05, 0) is 31.2 Å². The second-order valence-corrected chi connectivity index (χ2v) is 5.42. The summed E-state index contributed by atoms with van der Waals surface area (Å²) in [6.07, 6.45) is 2.41. The summed E-state index contributed by atoms with van der Waals surface area (Å²) < 4.78 is 16.4. The molecule has 0 saturated heterocycles. The predicted molar refractivity (Wildman–Crippen MR) is 87.8 cm³/mol. The molecule has 0 unspecified atom stereocenters. The molecule has 1 aromatic carbocycles. The van der Waals surface area contributed by atoms with E-state index in [9.17, 15) is 9.18 Å². The monoisotopic (exact) mass is 343 g/mol. The van der Waals surface area contributed by atoms with E-state index >= 15 is 0 Å². The Balaban J connectivity index is 1.65. The summed E-state index contributed by atoms with van der Waals surface area (Å²) in [6, 6.07) is 5.83. The van der Waals surface area contributed by atoms with Crippen molar-refractivity contribution in [2.45, 2.75) is 26.8 Å². The minimum absolute atomic E-state index is 0.0706. The molecule has 0 fully saturated rings. The molecular weight excluding hydrogens is 325 g/mol. The van der Waals surface area contributed by atoms with Gasteiger partial charge in [0.2, 0.25) is 5.82 Å². The first kappa shape index (κ1) is 16.7. The normalized spacial score (nSPS) is 10.8. The van der Waals surface area contributed by atoms with E-state index in [4.69, 9.17) is 0 Å². The molecule has 0 aliphatic heterocycles. The van der Waals surface area contributed by atoms with Gasteiger partial charge in [-0.2, -0.15) is 0 Å². The number of nitrogens with one attached hydrogen (secondary N) is 1. The van der Waals surface area contributed by atoms with Gasteiger partial charge >= 0.3 is 0 Å². The maximum absolute atomic E-state index is 13.0. The fourth-order valence-corrected chi connectivity index (χ4v) is 2.42. The Hall–Kier alpha value is -3.10. The molecule has 130 valence electrons. The highest BCUT2D eigenvalue weighted by atomic mass is 19.1. The summed E-state index contributed by atoms with van der Waals surface area (Å²) in [6.45, 7) is 4.71. The van der Waals surface area contributed by atoms with Crippen LogP contribution in [0.5, 0.6) is 0 Å². The summed E-state index contributed by atoms with van der Waals surface area (Å²) in [5.74, 6) is 0.781. The maximum Gasteiger partial charge on any atom is 0.291 e. The zero-order valence-electron chi connectivity index (χ0n) is 14.0. The first-order valence-electron chi connectivity index (χ1n) is 7.93. The first-order valence-corrected chi connectivity index (χ1v) is 7.93. The highest BCUT2D eigenvalue weighted by Crippen LogP contribution is 2.10. The van der Waals surface area contributed by atoms with Gasteiger partial charge in [0.05, 0.1) is 5.69 Å². The van der Waals surface area contributed by atoms with Crippen molar-refractivity contribution in [2.75, 3.05) is 6.54 Å². The molecule has 1 N–H and O–H groups in total. The lowest BCUT2D eigenvalue weighted by atomic mass is 10.3. The minimum atomic E-state index is -0.366. The zero-order valence-corrected chi connectivity index (χ0v) is 14.0. The number of rotatable bonds is 6. The molecule has 1 amide bonds. The molecule has 0 radical (unpaired) electrons. The lowest BCUT2D eigenvalue weighted by Crippen LogP contribution is -2.28. The Bertz CT molecular complexity index is 869. The molecule has 25 heavy (non-hydrogen) atoms. The number of amides is 1. The SMILES string of the molecule is CCc1nncn1CCNC(=O)c1nc(C)n(-c2ccc(F)cc2)n1. The summed E-state index contributed by atoms with van der Waals surface area (Å²) in [4.78, 5) is 16.4. The average Bonchev–Trinajstić information content (AvgIpc) is 3.22. The van der Waals surface area contributed by atoms with Crippen LogP contribution in [-0.4, -0.2) is 42.0 Å². The molecular formula is C16H18FN7O. The van der Waals surface area contributed by atoms with Gasteiger partial charge in [-0.3, -0.25) is 4.79 Å². The number of hydrogen-bond acceptors (Lipinski definition) is 5. The van der Waals surface area contributed by atoms with Crippen molar-refractivity contribution in [3.05, 3.63) is 53.9 Å². The van der Waals surface area contributed by atoms with Crippen LogP contribution in [0, 0.1) is 12.7 Å². The van der Waals surface area contributed by atoms with Gasteiger partial charge in [0, 0.05) is 19.5 Å². The third-order valence-corrected chi connectivity index (χ3v) is 3.69. The molecule has 0 aliphatic rings. The van der Waals surface area contributed by atoms with Gasteiger partial charge < -0.3 is 9.88 Å². The third-order valence-electron chi connectivity index (χ3n) is 3.69. The second kappa shape index (κ2) is 7.20. The Labute approximate surface area is 143 Å². The molecule has 0 aliphatic carbocycles. The summed E-state index contributed by atoms with van der Waals surface area (Å²) in [5, 5.41) is 14.8. The van der Waals surface area contributed by atoms with Crippen LogP contribution in [0.25, 0.3) is 5.69 Å². The van der Waals surface area contributed by atoms with Gasteiger partial charge in [0.15, 0.2) is 0 Å². The summed E-state index contributed by atoms with van der Waals surface area (Å²) >= 11 is 0. The molecule has 0 atom stereocenters. The molecule has 0 spiro atoms. The van der Waals surface area contributed by atoms with E-state index in [0.29, 0.717) is 24.6 Å². The number of nitrogens with zero attached hydrogens (tertiary/aromatic N) is 6. The van der Waals surface area contributed by atoms with Crippen molar-refractivity contribution in [3.63, 3.8) is 0 Å². The number of benzene rings is 1. The molecule has 3 rings (SSSR count). The minimum Gasteiger partial charge on any atom is -0.347 e. The van der Waals surface area contributed by atoms with Gasteiger partial charge in [0.25, 0.3) is 5.91 Å². The molecule has 3 aromatic rings. The zero-order chi connectivity index (χ0) is 17.8. The lowest BCUT2D eigenvalue weighted by Gasteiger charge is -2.05. The summed E-state index contributed by atoms with van der Waals surface area (Å²) in [5.41, 5.74) is 0.641. The number of halogens is 1. The van der Waals surface area contributed by atoms with E-state index in [1.165, 1.54) is 16.8 Å². The van der Waals surface area contributed by atoms with Crippen molar-refractivity contribution in [3.8, 4) is 5.69 Å². The highest BCUT2D eigenvalue weighted by molar-refractivity contribution is 5.90. The Morgan fingerprint density at radius 1 is 1.28 bits per heavy atom. The van der Waals surface area contributed by atoms with E-state index < -0.39 is 0 Å². The Kier molecular flexibility index (Phi) is 4.82.